The van der Waals surface area contributed by atoms with Gasteiger partial charge in [0.05, 0.1) is 11.7 Å². The molecule has 0 aromatic heterocycles. The van der Waals surface area contributed by atoms with Crippen LogP contribution in [0.1, 0.15) is 42.1 Å². The Balaban J connectivity index is 2.01. The fourth-order valence-electron chi connectivity index (χ4n) is 2.53. The molecular weight excluding hydrogens is 295 g/mol. The van der Waals surface area contributed by atoms with Gasteiger partial charge in [0, 0.05) is 25.3 Å². The van der Waals surface area contributed by atoms with Gasteiger partial charge in [0.1, 0.15) is 0 Å². The molecule has 6 heteroatoms. The maximum Gasteiger partial charge on any atom is 0.416 e. The molecule has 0 spiro atoms. The van der Waals surface area contributed by atoms with Crippen LogP contribution in [-0.2, 0) is 10.9 Å². The smallest absolute Gasteiger partial charge is 0.376 e. The zero-order valence-electron chi connectivity index (χ0n) is 12.5. The Labute approximate surface area is 128 Å². The van der Waals surface area contributed by atoms with Crippen molar-refractivity contribution in [3.8, 4) is 0 Å². The van der Waals surface area contributed by atoms with Gasteiger partial charge in [-0.15, -0.1) is 0 Å². The summed E-state index contributed by atoms with van der Waals surface area (Å²) in [6, 6.07) is 4.37. The third-order valence-corrected chi connectivity index (χ3v) is 3.68. The lowest BCUT2D eigenvalue weighted by atomic mass is 10.1. The number of amides is 1. The van der Waals surface area contributed by atoms with E-state index in [4.69, 9.17) is 4.74 Å². The Morgan fingerprint density at radius 2 is 2.00 bits per heavy atom. The van der Waals surface area contributed by atoms with E-state index in [2.05, 4.69) is 0 Å². The highest BCUT2D eigenvalue weighted by atomic mass is 19.4. The number of hydrogen-bond acceptors (Lipinski definition) is 2. The summed E-state index contributed by atoms with van der Waals surface area (Å²) in [6.07, 6.45) is -1.68. The van der Waals surface area contributed by atoms with Crippen molar-refractivity contribution in [2.45, 2.75) is 38.5 Å². The molecule has 2 rings (SSSR count). The number of likely N-dealkylation sites (tertiary alicyclic amines) is 1. The molecule has 0 saturated carbocycles. The Hall–Kier alpha value is -1.56. The Morgan fingerprint density at radius 3 is 2.59 bits per heavy atom. The van der Waals surface area contributed by atoms with Gasteiger partial charge in [-0.05, 0) is 43.5 Å². The van der Waals surface area contributed by atoms with Crippen LogP contribution in [0.3, 0.4) is 0 Å². The van der Waals surface area contributed by atoms with E-state index in [9.17, 15) is 18.0 Å². The first-order valence-corrected chi connectivity index (χ1v) is 7.50. The van der Waals surface area contributed by atoms with Crippen LogP contribution in [0.4, 0.5) is 13.2 Å². The van der Waals surface area contributed by atoms with Crippen LogP contribution in [0.2, 0.25) is 0 Å². The van der Waals surface area contributed by atoms with E-state index >= 15 is 0 Å². The lowest BCUT2D eigenvalue weighted by molar-refractivity contribution is -0.137. The summed E-state index contributed by atoms with van der Waals surface area (Å²) in [4.78, 5) is 14.0. The highest BCUT2D eigenvalue weighted by molar-refractivity contribution is 5.94. The minimum absolute atomic E-state index is 0.0205. The van der Waals surface area contributed by atoms with Crippen LogP contribution in [0, 0.1) is 0 Å². The van der Waals surface area contributed by atoms with E-state index in [0.29, 0.717) is 19.7 Å². The third-order valence-electron chi connectivity index (χ3n) is 3.68. The Kier molecular flexibility index (Phi) is 5.45. The minimum atomic E-state index is -4.38. The summed E-state index contributed by atoms with van der Waals surface area (Å²) in [6.45, 7) is 3.80. The number of ether oxygens (including phenoxy) is 1. The molecule has 1 aliphatic heterocycles. The van der Waals surface area contributed by atoms with Gasteiger partial charge in [-0.1, -0.05) is 6.92 Å². The maximum absolute atomic E-state index is 12.5. The standard InChI is InChI=1S/C16H20F3NO2/c1-2-10-22-14-4-3-9-20(11-14)15(21)12-5-7-13(8-6-12)16(17,18)19/h5-8,14H,2-4,9-11H2,1H3. The number of hydrogen-bond donors (Lipinski definition) is 0. The van der Waals surface area contributed by atoms with Crippen molar-refractivity contribution in [2.75, 3.05) is 19.7 Å². The highest BCUT2D eigenvalue weighted by Gasteiger charge is 2.31. The zero-order valence-corrected chi connectivity index (χ0v) is 12.5. The molecule has 1 fully saturated rings. The van der Waals surface area contributed by atoms with Crippen molar-refractivity contribution in [2.24, 2.45) is 0 Å². The van der Waals surface area contributed by atoms with E-state index in [0.717, 1.165) is 31.4 Å². The first-order valence-electron chi connectivity index (χ1n) is 7.50. The summed E-state index contributed by atoms with van der Waals surface area (Å²) in [5.41, 5.74) is -0.462. The van der Waals surface area contributed by atoms with Gasteiger partial charge in [-0.25, -0.2) is 0 Å². The molecular formula is C16H20F3NO2. The van der Waals surface area contributed by atoms with Gasteiger partial charge in [0.25, 0.3) is 5.91 Å². The third kappa shape index (κ3) is 4.22. The molecule has 0 aliphatic carbocycles. The predicted octanol–water partition coefficient (Wildman–Crippen LogP) is 3.74. The SMILES string of the molecule is CCCOC1CCCN(C(=O)c2ccc(C(F)(F)F)cc2)C1. The molecule has 1 heterocycles. The predicted molar refractivity (Wildman–Crippen MR) is 76.6 cm³/mol. The molecule has 1 amide bonds. The van der Waals surface area contributed by atoms with Crippen LogP contribution in [-0.4, -0.2) is 36.6 Å². The van der Waals surface area contributed by atoms with Crippen LogP contribution < -0.4 is 0 Å². The second-order valence-corrected chi connectivity index (χ2v) is 5.46. The lowest BCUT2D eigenvalue weighted by Crippen LogP contribution is -2.43. The molecule has 0 radical (unpaired) electrons. The van der Waals surface area contributed by atoms with Gasteiger partial charge in [-0.2, -0.15) is 13.2 Å². The molecule has 1 saturated heterocycles. The molecule has 0 N–H and O–H groups in total. The fraction of sp³-hybridized carbons (Fsp3) is 0.562. The van der Waals surface area contributed by atoms with Crippen molar-refractivity contribution >= 4 is 5.91 Å². The lowest BCUT2D eigenvalue weighted by Gasteiger charge is -2.32. The van der Waals surface area contributed by atoms with E-state index in [-0.39, 0.29) is 17.6 Å². The van der Waals surface area contributed by atoms with Gasteiger partial charge in [0.15, 0.2) is 0 Å². The number of piperidine rings is 1. The molecule has 122 valence electrons. The number of nitrogens with zero attached hydrogens (tertiary/aromatic N) is 1. The Bertz CT molecular complexity index is 499. The zero-order chi connectivity index (χ0) is 16.2. The van der Waals surface area contributed by atoms with Crippen molar-refractivity contribution in [1.82, 2.24) is 4.90 Å². The van der Waals surface area contributed by atoms with Crippen LogP contribution >= 0.6 is 0 Å². The molecule has 1 unspecified atom stereocenters. The van der Waals surface area contributed by atoms with E-state index in [1.807, 2.05) is 6.92 Å². The van der Waals surface area contributed by atoms with Gasteiger partial charge < -0.3 is 9.64 Å². The van der Waals surface area contributed by atoms with Gasteiger partial charge >= 0.3 is 6.18 Å². The molecule has 1 aromatic carbocycles. The summed E-state index contributed by atoms with van der Waals surface area (Å²) >= 11 is 0. The highest BCUT2D eigenvalue weighted by Crippen LogP contribution is 2.29. The normalized spacial score (nSPS) is 19.3. The van der Waals surface area contributed by atoms with Crippen LogP contribution in [0.5, 0.6) is 0 Å². The van der Waals surface area contributed by atoms with E-state index in [1.165, 1.54) is 12.1 Å². The molecule has 1 atom stereocenters. The first kappa shape index (κ1) is 16.8. The average molecular weight is 315 g/mol. The van der Waals surface area contributed by atoms with Crippen molar-refractivity contribution in [3.05, 3.63) is 35.4 Å². The molecule has 3 nitrogen and oxygen atoms in total. The summed E-state index contributed by atoms with van der Waals surface area (Å²) in [5, 5.41) is 0. The van der Waals surface area contributed by atoms with Crippen molar-refractivity contribution < 1.29 is 22.7 Å². The van der Waals surface area contributed by atoms with E-state index < -0.39 is 11.7 Å². The summed E-state index contributed by atoms with van der Waals surface area (Å²) in [7, 11) is 0. The van der Waals surface area contributed by atoms with Crippen LogP contribution in [0.25, 0.3) is 0 Å². The van der Waals surface area contributed by atoms with Gasteiger partial charge in [0.2, 0.25) is 0 Å². The largest absolute Gasteiger partial charge is 0.416 e. The summed E-state index contributed by atoms with van der Waals surface area (Å²) < 4.78 is 43.3. The maximum atomic E-state index is 12.5. The van der Waals surface area contributed by atoms with Gasteiger partial charge in [-0.3, -0.25) is 4.79 Å². The quantitative estimate of drug-likeness (QED) is 0.847. The molecule has 0 bridgehead atoms. The summed E-state index contributed by atoms with van der Waals surface area (Å²) in [5.74, 6) is -0.237. The number of halogens is 3. The first-order chi connectivity index (χ1) is 10.4. The number of alkyl halides is 3. The van der Waals surface area contributed by atoms with Crippen molar-refractivity contribution in [3.63, 3.8) is 0 Å². The topological polar surface area (TPSA) is 29.5 Å². The number of benzene rings is 1. The van der Waals surface area contributed by atoms with Crippen LogP contribution in [0.15, 0.2) is 24.3 Å². The Morgan fingerprint density at radius 1 is 1.32 bits per heavy atom. The van der Waals surface area contributed by atoms with E-state index in [1.54, 1.807) is 4.90 Å². The molecule has 1 aromatic rings. The van der Waals surface area contributed by atoms with Crippen molar-refractivity contribution in [1.29, 1.82) is 0 Å². The monoisotopic (exact) mass is 315 g/mol. The number of carbonyl (C=O) groups is 1. The minimum Gasteiger partial charge on any atom is -0.376 e. The number of rotatable bonds is 4. The average Bonchev–Trinajstić information content (AvgIpc) is 2.52. The second-order valence-electron chi connectivity index (χ2n) is 5.46. The molecule has 1 aliphatic rings. The fourth-order valence-corrected chi connectivity index (χ4v) is 2.53. The number of carbonyl (C=O) groups excluding carboxylic acids is 1. The second kappa shape index (κ2) is 7.13. The molecule has 22 heavy (non-hydrogen) atoms.